The van der Waals surface area contributed by atoms with Gasteiger partial charge in [-0.25, -0.2) is 4.68 Å². The van der Waals surface area contributed by atoms with Crippen molar-refractivity contribution in [2.24, 2.45) is 5.73 Å². The Hall–Kier alpha value is -3.61. The number of nitrogens with one attached hydrogen (secondary N) is 1. The second kappa shape index (κ2) is 6.84. The van der Waals surface area contributed by atoms with Crippen LogP contribution in [0.25, 0.3) is 11.4 Å². The van der Waals surface area contributed by atoms with Crippen LogP contribution in [0.15, 0.2) is 59.8 Å². The summed E-state index contributed by atoms with van der Waals surface area (Å²) < 4.78 is 7.22. The van der Waals surface area contributed by atoms with E-state index in [-0.39, 0.29) is 0 Å². The first-order valence-corrected chi connectivity index (χ1v) is 8.93. The summed E-state index contributed by atoms with van der Waals surface area (Å²) in [7, 11) is 1.60. The maximum Gasteiger partial charge on any atom is 0.248 e. The van der Waals surface area contributed by atoms with Crippen LogP contribution in [-0.2, 0) is 4.79 Å². The summed E-state index contributed by atoms with van der Waals surface area (Å²) in [5, 5.41) is 7.87. The molecule has 0 fully saturated rings. The van der Waals surface area contributed by atoms with Gasteiger partial charge in [-0.15, -0.1) is 5.10 Å². The standard InChI is InChI=1S/C21H21N5O2/c1-12-7-6-8-14(11-12)20-24-21-23-13(2)17(19(22)27)18(26(21)25-20)15-9-4-5-10-16(15)28-3/h4-11,18H,1-3H3,(H2,22,27)(H,23,24,25)/t18-/m0/s1. The molecule has 3 N–H and O–H groups in total. The maximum absolute atomic E-state index is 12.3. The number of nitrogens with zero attached hydrogens (tertiary/aromatic N) is 3. The van der Waals surface area contributed by atoms with Crippen LogP contribution in [0.1, 0.15) is 24.1 Å². The van der Waals surface area contributed by atoms with Crippen LogP contribution in [0, 0.1) is 6.92 Å². The molecule has 28 heavy (non-hydrogen) atoms. The van der Waals surface area contributed by atoms with E-state index in [1.165, 1.54) is 0 Å². The summed E-state index contributed by atoms with van der Waals surface area (Å²) in [6, 6.07) is 15.0. The molecule has 142 valence electrons. The number of carbonyl (C=O) groups is 1. The smallest absolute Gasteiger partial charge is 0.248 e. The van der Waals surface area contributed by atoms with Gasteiger partial charge < -0.3 is 15.8 Å². The number of allylic oxidation sites excluding steroid dienone is 1. The van der Waals surface area contributed by atoms with Gasteiger partial charge in [0.2, 0.25) is 11.9 Å². The number of rotatable bonds is 4. The largest absolute Gasteiger partial charge is 0.496 e. The van der Waals surface area contributed by atoms with Crippen molar-refractivity contribution in [3.8, 4) is 17.1 Å². The molecular weight excluding hydrogens is 354 g/mol. The lowest BCUT2D eigenvalue weighted by atomic mass is 9.94. The first-order valence-electron chi connectivity index (χ1n) is 8.93. The van der Waals surface area contributed by atoms with E-state index >= 15 is 0 Å². The summed E-state index contributed by atoms with van der Waals surface area (Å²) in [5.74, 6) is 1.26. The molecule has 1 amide bonds. The highest BCUT2D eigenvalue weighted by atomic mass is 16.5. The van der Waals surface area contributed by atoms with Crippen molar-refractivity contribution in [2.75, 3.05) is 12.4 Å². The fourth-order valence-electron chi connectivity index (χ4n) is 3.56. The summed E-state index contributed by atoms with van der Waals surface area (Å²) in [6.45, 7) is 3.83. The lowest BCUT2D eigenvalue weighted by Crippen LogP contribution is -2.32. The number of benzene rings is 2. The van der Waals surface area contributed by atoms with E-state index in [0.29, 0.717) is 28.8 Å². The van der Waals surface area contributed by atoms with Gasteiger partial charge in [0.25, 0.3) is 0 Å². The molecule has 1 aliphatic heterocycles. The monoisotopic (exact) mass is 375 g/mol. The molecule has 0 spiro atoms. The van der Waals surface area contributed by atoms with Crippen LogP contribution >= 0.6 is 0 Å². The summed E-state index contributed by atoms with van der Waals surface area (Å²) in [6.07, 6.45) is 0. The zero-order valence-corrected chi connectivity index (χ0v) is 15.9. The van der Waals surface area contributed by atoms with Crippen molar-refractivity contribution >= 4 is 11.9 Å². The first-order chi connectivity index (χ1) is 13.5. The third-order valence-electron chi connectivity index (χ3n) is 4.83. The molecule has 2 heterocycles. The molecule has 0 saturated carbocycles. The Balaban J connectivity index is 1.92. The van der Waals surface area contributed by atoms with Crippen LogP contribution in [0.5, 0.6) is 5.75 Å². The molecule has 0 bridgehead atoms. The van der Waals surface area contributed by atoms with E-state index < -0.39 is 11.9 Å². The fourth-order valence-corrected chi connectivity index (χ4v) is 3.56. The Bertz CT molecular complexity index is 1100. The van der Waals surface area contributed by atoms with Gasteiger partial charge in [-0.05, 0) is 26.0 Å². The lowest BCUT2D eigenvalue weighted by Gasteiger charge is -2.28. The minimum absolute atomic E-state index is 0.428. The Kier molecular flexibility index (Phi) is 4.35. The topological polar surface area (TPSA) is 95.1 Å². The summed E-state index contributed by atoms with van der Waals surface area (Å²) >= 11 is 0. The third-order valence-corrected chi connectivity index (χ3v) is 4.83. The number of aryl methyl sites for hydroxylation is 1. The van der Waals surface area contributed by atoms with Crippen molar-refractivity contribution in [1.82, 2.24) is 14.8 Å². The average molecular weight is 375 g/mol. The van der Waals surface area contributed by atoms with Gasteiger partial charge in [0.15, 0.2) is 5.82 Å². The fraction of sp³-hybridized carbons (Fsp3) is 0.190. The van der Waals surface area contributed by atoms with Gasteiger partial charge >= 0.3 is 0 Å². The Labute approximate surface area is 162 Å². The molecule has 1 atom stereocenters. The van der Waals surface area contributed by atoms with Crippen LogP contribution in [-0.4, -0.2) is 27.8 Å². The number of para-hydroxylation sites is 1. The maximum atomic E-state index is 12.3. The number of amides is 1. The summed E-state index contributed by atoms with van der Waals surface area (Å²) in [4.78, 5) is 17.0. The van der Waals surface area contributed by atoms with Gasteiger partial charge in [0.1, 0.15) is 11.8 Å². The van der Waals surface area contributed by atoms with Crippen molar-refractivity contribution in [2.45, 2.75) is 19.9 Å². The number of nitrogens with two attached hydrogens (primary N) is 1. The molecule has 0 saturated heterocycles. The first kappa shape index (κ1) is 17.8. The molecule has 1 aliphatic rings. The van der Waals surface area contributed by atoms with Crippen molar-refractivity contribution in [3.63, 3.8) is 0 Å². The van der Waals surface area contributed by atoms with E-state index in [4.69, 9.17) is 15.6 Å². The second-order valence-corrected chi connectivity index (χ2v) is 6.75. The van der Waals surface area contributed by atoms with Crippen LogP contribution in [0.4, 0.5) is 5.95 Å². The van der Waals surface area contributed by atoms with Gasteiger partial charge in [0.05, 0.1) is 12.7 Å². The molecule has 4 rings (SSSR count). The minimum atomic E-state index is -0.532. The summed E-state index contributed by atoms with van der Waals surface area (Å²) in [5.41, 5.74) is 9.63. The lowest BCUT2D eigenvalue weighted by molar-refractivity contribution is -0.115. The predicted molar refractivity (Wildman–Crippen MR) is 107 cm³/mol. The Morgan fingerprint density at radius 1 is 1.18 bits per heavy atom. The SMILES string of the molecule is COc1ccccc1[C@H]1C(C(N)=O)=C(C)Nc2nc(-c3cccc(C)c3)nn21. The average Bonchev–Trinajstić information content (AvgIpc) is 3.10. The number of primary amides is 1. The predicted octanol–water partition coefficient (Wildman–Crippen LogP) is 3.04. The van der Waals surface area contributed by atoms with E-state index in [1.807, 2.05) is 62.4 Å². The molecule has 7 nitrogen and oxygen atoms in total. The minimum Gasteiger partial charge on any atom is -0.496 e. The third kappa shape index (κ3) is 2.90. The molecule has 1 aromatic heterocycles. The van der Waals surface area contributed by atoms with E-state index in [2.05, 4.69) is 10.3 Å². The number of hydrogen-bond donors (Lipinski definition) is 2. The molecule has 2 aromatic carbocycles. The van der Waals surface area contributed by atoms with Gasteiger partial charge in [-0.3, -0.25) is 4.79 Å². The second-order valence-electron chi connectivity index (χ2n) is 6.75. The van der Waals surface area contributed by atoms with E-state index in [1.54, 1.807) is 11.8 Å². The molecule has 0 aliphatic carbocycles. The molecule has 7 heteroatoms. The highest BCUT2D eigenvalue weighted by Gasteiger charge is 2.34. The van der Waals surface area contributed by atoms with Crippen LogP contribution in [0.3, 0.4) is 0 Å². The van der Waals surface area contributed by atoms with E-state index in [9.17, 15) is 4.79 Å². The van der Waals surface area contributed by atoms with Crippen molar-refractivity contribution in [3.05, 3.63) is 70.9 Å². The number of carbonyl (C=O) groups excluding carboxylic acids is 1. The number of aromatic nitrogens is 3. The Morgan fingerprint density at radius 3 is 2.68 bits per heavy atom. The van der Waals surface area contributed by atoms with Gasteiger partial charge in [0, 0.05) is 16.8 Å². The van der Waals surface area contributed by atoms with Crippen molar-refractivity contribution in [1.29, 1.82) is 0 Å². The van der Waals surface area contributed by atoms with Crippen molar-refractivity contribution < 1.29 is 9.53 Å². The quantitative estimate of drug-likeness (QED) is 0.731. The number of ether oxygens (including phenoxy) is 1. The van der Waals surface area contributed by atoms with E-state index in [0.717, 1.165) is 16.7 Å². The van der Waals surface area contributed by atoms with Crippen LogP contribution < -0.4 is 15.8 Å². The normalized spacial score (nSPS) is 15.8. The zero-order chi connectivity index (χ0) is 19.8. The Morgan fingerprint density at radius 2 is 1.96 bits per heavy atom. The zero-order valence-electron chi connectivity index (χ0n) is 15.9. The van der Waals surface area contributed by atoms with Gasteiger partial charge in [-0.2, -0.15) is 4.98 Å². The molecular formula is C21H21N5O2. The molecule has 0 unspecified atom stereocenters. The molecule has 0 radical (unpaired) electrons. The number of hydrogen-bond acceptors (Lipinski definition) is 5. The van der Waals surface area contributed by atoms with Crippen LogP contribution in [0.2, 0.25) is 0 Å². The number of anilines is 1. The highest BCUT2D eigenvalue weighted by molar-refractivity contribution is 5.95. The highest BCUT2D eigenvalue weighted by Crippen LogP contribution is 2.39. The molecule has 3 aromatic rings. The number of fused-ring (bicyclic) bond motifs is 1. The van der Waals surface area contributed by atoms with Gasteiger partial charge in [-0.1, -0.05) is 42.0 Å². The number of methoxy groups -OCH3 is 1.